The largest absolute Gasteiger partial charge is 0.495 e. The molecule has 2 amide bonds. The van der Waals surface area contributed by atoms with Gasteiger partial charge in [-0.1, -0.05) is 45.2 Å². The summed E-state index contributed by atoms with van der Waals surface area (Å²) in [5, 5.41) is 14.5. The molecule has 2 rings (SSSR count). The molecule has 0 saturated carbocycles. The Morgan fingerprint density at radius 1 is 0.920 bits per heavy atom. The molecule has 25 heavy (non-hydrogen) atoms. The van der Waals surface area contributed by atoms with Gasteiger partial charge in [0.15, 0.2) is 0 Å². The number of ether oxygens (including phenoxy) is 1. The van der Waals surface area contributed by atoms with E-state index >= 15 is 0 Å². The fraction of sp³-hybridized carbons (Fsp3) is 0.263. The van der Waals surface area contributed by atoms with Crippen LogP contribution in [0.2, 0.25) is 0 Å². The van der Waals surface area contributed by atoms with E-state index in [2.05, 4.69) is 10.6 Å². The van der Waals surface area contributed by atoms with E-state index in [1.807, 2.05) is 0 Å². The van der Waals surface area contributed by atoms with Crippen molar-refractivity contribution in [2.45, 2.75) is 27.9 Å². The fourth-order valence-electron chi connectivity index (χ4n) is 2.06. The van der Waals surface area contributed by atoms with Crippen LogP contribution in [0.5, 0.6) is 5.75 Å². The van der Waals surface area contributed by atoms with Gasteiger partial charge in [0.1, 0.15) is 12.2 Å². The number of methoxy groups -OCH3 is 1. The Kier molecular flexibility index (Phi) is 9.59. The number of amides is 2. The van der Waals surface area contributed by atoms with E-state index < -0.39 is 11.8 Å². The lowest BCUT2D eigenvalue weighted by Crippen LogP contribution is -2.22. The van der Waals surface area contributed by atoms with Crippen LogP contribution in [0, 0.1) is 0 Å². The minimum absolute atomic E-state index is 0. The number of anilines is 2. The minimum Gasteiger partial charge on any atom is -0.495 e. The van der Waals surface area contributed by atoms with Gasteiger partial charge in [-0.2, -0.15) is 0 Å². The molecular weight excluding hydrogens is 320 g/mol. The molecule has 2 aromatic rings. The summed E-state index contributed by atoms with van der Waals surface area (Å²) in [5.74, 6) is -0.390. The van der Waals surface area contributed by atoms with E-state index in [0.717, 1.165) is 0 Å². The summed E-state index contributed by atoms with van der Waals surface area (Å²) in [6.07, 6.45) is -0.336. The Labute approximate surface area is 148 Å². The van der Waals surface area contributed by atoms with Crippen LogP contribution in [0.25, 0.3) is 0 Å². The van der Waals surface area contributed by atoms with Gasteiger partial charge in [-0.25, -0.2) is 0 Å². The highest BCUT2D eigenvalue weighted by atomic mass is 16.5. The second-order valence-electron chi connectivity index (χ2n) is 4.79. The summed E-state index contributed by atoms with van der Waals surface area (Å²) < 4.78 is 5.13. The van der Waals surface area contributed by atoms with Crippen LogP contribution in [-0.2, 0) is 16.2 Å². The number of aliphatic hydroxyl groups excluding tert-OH is 1. The van der Waals surface area contributed by atoms with Gasteiger partial charge in [0.05, 0.1) is 19.4 Å². The second kappa shape index (κ2) is 10.8. The molecule has 0 atom stereocenters. The SMILES string of the molecule is C.C.COc1ccccc1NC(=O)CC(=O)Nc1ccccc1CO. The number of para-hydroxylation sites is 3. The van der Waals surface area contributed by atoms with Crippen LogP contribution >= 0.6 is 0 Å². The van der Waals surface area contributed by atoms with Crippen molar-refractivity contribution in [3.05, 3.63) is 54.1 Å². The molecule has 0 heterocycles. The average Bonchev–Trinajstić information content (AvgIpc) is 2.55. The summed E-state index contributed by atoms with van der Waals surface area (Å²) in [6, 6.07) is 13.8. The number of nitrogens with one attached hydrogen (secondary N) is 2. The lowest BCUT2D eigenvalue weighted by Gasteiger charge is -2.11. The molecule has 0 aromatic heterocycles. The molecule has 0 radical (unpaired) electrons. The Morgan fingerprint density at radius 3 is 2.04 bits per heavy atom. The molecule has 2 aromatic carbocycles. The minimum atomic E-state index is -0.460. The average molecular weight is 346 g/mol. The molecule has 0 spiro atoms. The molecule has 0 aliphatic heterocycles. The van der Waals surface area contributed by atoms with Crippen molar-refractivity contribution < 1.29 is 19.4 Å². The first kappa shape index (κ1) is 22.1. The Balaban J connectivity index is 0.00000288. The highest BCUT2D eigenvalue weighted by Gasteiger charge is 2.13. The zero-order valence-electron chi connectivity index (χ0n) is 12.7. The number of benzene rings is 2. The van der Waals surface area contributed by atoms with E-state index in [0.29, 0.717) is 22.7 Å². The highest BCUT2D eigenvalue weighted by Crippen LogP contribution is 2.23. The van der Waals surface area contributed by atoms with Crippen molar-refractivity contribution in [1.29, 1.82) is 0 Å². The standard InChI is InChI=1S/C17H18N2O4.2CH4/c1-23-15-9-5-4-8-14(15)19-17(22)10-16(21)18-13-7-3-2-6-12(13)11-20;;/h2-9,20H,10-11H2,1H3,(H,18,21)(H,19,22);2*1H4. The van der Waals surface area contributed by atoms with Gasteiger partial charge in [0, 0.05) is 11.3 Å². The van der Waals surface area contributed by atoms with Crippen molar-refractivity contribution >= 4 is 23.2 Å². The number of carbonyl (C=O) groups excluding carboxylic acids is 2. The van der Waals surface area contributed by atoms with E-state index in [-0.39, 0.29) is 27.9 Å². The van der Waals surface area contributed by atoms with Gasteiger partial charge >= 0.3 is 0 Å². The molecule has 0 aliphatic carbocycles. The zero-order valence-corrected chi connectivity index (χ0v) is 12.7. The molecular formula is C19H26N2O4. The van der Waals surface area contributed by atoms with E-state index in [9.17, 15) is 14.7 Å². The van der Waals surface area contributed by atoms with E-state index in [1.54, 1.807) is 48.5 Å². The zero-order chi connectivity index (χ0) is 16.7. The summed E-state index contributed by atoms with van der Waals surface area (Å²) in [4.78, 5) is 23.9. The quantitative estimate of drug-likeness (QED) is 0.699. The fourth-order valence-corrected chi connectivity index (χ4v) is 2.06. The first-order valence-electron chi connectivity index (χ1n) is 7.05. The maximum absolute atomic E-state index is 12.0. The molecule has 0 fully saturated rings. The summed E-state index contributed by atoms with van der Waals surface area (Å²) in [5.41, 5.74) is 1.58. The summed E-state index contributed by atoms with van der Waals surface area (Å²) in [7, 11) is 1.50. The molecule has 6 nitrogen and oxygen atoms in total. The second-order valence-corrected chi connectivity index (χ2v) is 4.79. The Hall–Kier alpha value is -2.86. The topological polar surface area (TPSA) is 87.7 Å². The molecule has 0 saturated heterocycles. The van der Waals surface area contributed by atoms with Crippen LogP contribution in [0.1, 0.15) is 26.8 Å². The van der Waals surface area contributed by atoms with Gasteiger partial charge in [-0.15, -0.1) is 0 Å². The van der Waals surface area contributed by atoms with Crippen molar-refractivity contribution in [2.75, 3.05) is 17.7 Å². The highest BCUT2D eigenvalue weighted by molar-refractivity contribution is 6.08. The molecule has 6 heteroatoms. The monoisotopic (exact) mass is 346 g/mol. The van der Waals surface area contributed by atoms with Gasteiger partial charge in [0.25, 0.3) is 0 Å². The van der Waals surface area contributed by atoms with Crippen LogP contribution in [0.4, 0.5) is 11.4 Å². The third-order valence-corrected chi connectivity index (χ3v) is 3.16. The van der Waals surface area contributed by atoms with Gasteiger partial charge in [-0.05, 0) is 18.2 Å². The van der Waals surface area contributed by atoms with Crippen LogP contribution in [-0.4, -0.2) is 24.0 Å². The lowest BCUT2D eigenvalue weighted by molar-refractivity contribution is -0.123. The smallest absolute Gasteiger partial charge is 0.233 e. The van der Waals surface area contributed by atoms with E-state index in [1.165, 1.54) is 7.11 Å². The summed E-state index contributed by atoms with van der Waals surface area (Å²) >= 11 is 0. The molecule has 3 N–H and O–H groups in total. The predicted octanol–water partition coefficient (Wildman–Crippen LogP) is 3.43. The predicted molar refractivity (Wildman–Crippen MR) is 101 cm³/mol. The summed E-state index contributed by atoms with van der Waals surface area (Å²) in [6.45, 7) is -0.191. The Bertz CT molecular complexity index is 642. The van der Waals surface area contributed by atoms with Crippen molar-refractivity contribution in [3.63, 3.8) is 0 Å². The van der Waals surface area contributed by atoms with Gasteiger partial charge in [-0.3, -0.25) is 9.59 Å². The van der Waals surface area contributed by atoms with Gasteiger partial charge in [0.2, 0.25) is 11.8 Å². The van der Waals surface area contributed by atoms with Crippen molar-refractivity contribution in [2.24, 2.45) is 0 Å². The maximum atomic E-state index is 12.0. The van der Waals surface area contributed by atoms with Crippen LogP contribution < -0.4 is 15.4 Å². The Morgan fingerprint density at radius 2 is 1.44 bits per heavy atom. The first-order valence-corrected chi connectivity index (χ1v) is 7.05. The lowest BCUT2D eigenvalue weighted by atomic mass is 10.2. The first-order chi connectivity index (χ1) is 11.1. The maximum Gasteiger partial charge on any atom is 0.233 e. The van der Waals surface area contributed by atoms with Crippen LogP contribution in [0.15, 0.2) is 48.5 Å². The third kappa shape index (κ3) is 6.27. The van der Waals surface area contributed by atoms with Crippen LogP contribution in [0.3, 0.4) is 0 Å². The third-order valence-electron chi connectivity index (χ3n) is 3.16. The number of hydrogen-bond donors (Lipinski definition) is 3. The van der Waals surface area contributed by atoms with Crippen molar-refractivity contribution in [1.82, 2.24) is 0 Å². The number of carbonyl (C=O) groups is 2. The van der Waals surface area contributed by atoms with Crippen molar-refractivity contribution in [3.8, 4) is 5.75 Å². The molecule has 136 valence electrons. The number of aliphatic hydroxyl groups is 1. The van der Waals surface area contributed by atoms with Gasteiger partial charge < -0.3 is 20.5 Å². The molecule has 0 bridgehead atoms. The molecule has 0 aliphatic rings. The van der Waals surface area contributed by atoms with E-state index in [4.69, 9.17) is 4.74 Å². The number of rotatable bonds is 6. The number of hydrogen-bond acceptors (Lipinski definition) is 4. The normalized spacial score (nSPS) is 9.20. The molecule has 0 unspecified atom stereocenters.